The molecule has 2 aromatic rings. The van der Waals surface area contributed by atoms with Crippen LogP contribution in [0.2, 0.25) is 0 Å². The van der Waals surface area contributed by atoms with Gasteiger partial charge in [0.05, 0.1) is 0 Å². The monoisotopic (exact) mass is 484 g/mol. The zero-order chi connectivity index (χ0) is 15.5. The first-order valence-corrected chi connectivity index (χ1v) is 10.6. The number of hydrogen-bond acceptors (Lipinski definition) is 0. The Balaban J connectivity index is 1.82. The Bertz CT molecular complexity index is 677. The molecule has 0 heterocycles. The number of unbranched alkanes of at least 4 members (excludes halogenated alkanes) is 3. The Labute approximate surface area is 158 Å². The summed E-state index contributed by atoms with van der Waals surface area (Å²) in [6.07, 6.45) is 7.46. The molecule has 0 nitrogen and oxygen atoms in total. The molecule has 0 N–H and O–H groups in total. The van der Waals surface area contributed by atoms with E-state index in [2.05, 4.69) is 78.1 Å². The third kappa shape index (κ3) is 3.52. The SMILES string of the molecule is BrCCCCCCc1c(Br)ccc2c1Cc1cc(Br)ccc1-2. The smallest absolute Gasteiger partial charge is 0.0210 e. The summed E-state index contributed by atoms with van der Waals surface area (Å²) in [7, 11) is 0. The van der Waals surface area contributed by atoms with Gasteiger partial charge in [0, 0.05) is 14.3 Å². The van der Waals surface area contributed by atoms with Crippen LogP contribution in [0, 0.1) is 0 Å². The maximum atomic E-state index is 3.78. The minimum atomic E-state index is 1.07. The predicted molar refractivity (Wildman–Crippen MR) is 106 cm³/mol. The second kappa shape index (κ2) is 7.63. The molecule has 22 heavy (non-hydrogen) atoms. The van der Waals surface area contributed by atoms with Crippen molar-refractivity contribution in [3.63, 3.8) is 0 Å². The molecule has 0 atom stereocenters. The van der Waals surface area contributed by atoms with Gasteiger partial charge in [-0.05, 0) is 71.7 Å². The van der Waals surface area contributed by atoms with Gasteiger partial charge in [-0.1, -0.05) is 72.8 Å². The van der Waals surface area contributed by atoms with Crippen molar-refractivity contribution in [1.29, 1.82) is 0 Å². The third-order valence-corrected chi connectivity index (χ3v) is 6.21. The molecular formula is C19H19Br3. The van der Waals surface area contributed by atoms with Crippen molar-refractivity contribution < 1.29 is 0 Å². The summed E-state index contributed by atoms with van der Waals surface area (Å²) in [4.78, 5) is 0. The van der Waals surface area contributed by atoms with Crippen molar-refractivity contribution in [2.45, 2.75) is 38.5 Å². The standard InChI is InChI=1S/C19H19Br3/c20-10-4-2-1-3-5-17-18-12-13-11-14(21)6-7-15(13)16(18)8-9-19(17)22/h6-9,11H,1-5,10,12H2. The summed E-state index contributed by atoms with van der Waals surface area (Å²) in [5, 5.41) is 1.13. The minimum absolute atomic E-state index is 1.07. The molecule has 0 unspecified atom stereocenters. The first-order chi connectivity index (χ1) is 10.7. The Morgan fingerprint density at radius 2 is 1.64 bits per heavy atom. The van der Waals surface area contributed by atoms with Gasteiger partial charge < -0.3 is 0 Å². The third-order valence-electron chi connectivity index (χ3n) is 4.41. The molecule has 0 fully saturated rings. The van der Waals surface area contributed by atoms with E-state index in [4.69, 9.17) is 0 Å². The van der Waals surface area contributed by atoms with Gasteiger partial charge in [0.1, 0.15) is 0 Å². The number of rotatable bonds is 6. The van der Waals surface area contributed by atoms with E-state index in [1.165, 1.54) is 68.9 Å². The lowest BCUT2D eigenvalue weighted by atomic mass is 9.97. The summed E-state index contributed by atoms with van der Waals surface area (Å²) < 4.78 is 2.45. The van der Waals surface area contributed by atoms with Gasteiger partial charge >= 0.3 is 0 Å². The van der Waals surface area contributed by atoms with Gasteiger partial charge in [-0.2, -0.15) is 0 Å². The summed E-state index contributed by atoms with van der Waals surface area (Å²) in [5.74, 6) is 0. The van der Waals surface area contributed by atoms with Crippen LogP contribution in [0.4, 0.5) is 0 Å². The lowest BCUT2D eigenvalue weighted by molar-refractivity contribution is 0.669. The summed E-state index contributed by atoms with van der Waals surface area (Å²) in [6, 6.07) is 11.2. The van der Waals surface area contributed by atoms with E-state index < -0.39 is 0 Å². The van der Waals surface area contributed by atoms with Gasteiger partial charge in [-0.15, -0.1) is 0 Å². The molecule has 1 aliphatic carbocycles. The van der Waals surface area contributed by atoms with Gasteiger partial charge in [-0.3, -0.25) is 0 Å². The van der Waals surface area contributed by atoms with Gasteiger partial charge in [0.25, 0.3) is 0 Å². The molecule has 2 aromatic carbocycles. The van der Waals surface area contributed by atoms with Crippen LogP contribution in [0.25, 0.3) is 11.1 Å². The molecule has 116 valence electrons. The fourth-order valence-electron chi connectivity index (χ4n) is 3.30. The Hall–Kier alpha value is -0.120. The van der Waals surface area contributed by atoms with Crippen LogP contribution >= 0.6 is 47.8 Å². The Morgan fingerprint density at radius 1 is 0.864 bits per heavy atom. The minimum Gasteiger partial charge on any atom is -0.0928 e. The van der Waals surface area contributed by atoms with Crippen molar-refractivity contribution in [3.8, 4) is 11.1 Å². The van der Waals surface area contributed by atoms with E-state index >= 15 is 0 Å². The van der Waals surface area contributed by atoms with Crippen LogP contribution in [0.1, 0.15) is 42.4 Å². The number of benzene rings is 2. The van der Waals surface area contributed by atoms with E-state index in [0.717, 1.165) is 11.8 Å². The molecule has 0 aliphatic heterocycles. The second-order valence-electron chi connectivity index (χ2n) is 5.88. The highest BCUT2D eigenvalue weighted by Crippen LogP contribution is 2.42. The zero-order valence-electron chi connectivity index (χ0n) is 12.5. The van der Waals surface area contributed by atoms with Crippen LogP contribution in [0.3, 0.4) is 0 Å². The van der Waals surface area contributed by atoms with Crippen molar-refractivity contribution in [3.05, 3.63) is 56.0 Å². The maximum absolute atomic E-state index is 3.78. The van der Waals surface area contributed by atoms with Gasteiger partial charge in [0.2, 0.25) is 0 Å². The summed E-state index contributed by atoms with van der Waals surface area (Å²) in [5.41, 5.74) is 7.34. The fraction of sp³-hybridized carbons (Fsp3) is 0.368. The summed E-state index contributed by atoms with van der Waals surface area (Å²) in [6.45, 7) is 0. The maximum Gasteiger partial charge on any atom is 0.0210 e. The van der Waals surface area contributed by atoms with Crippen molar-refractivity contribution in [2.75, 3.05) is 5.33 Å². The van der Waals surface area contributed by atoms with E-state index in [9.17, 15) is 0 Å². The molecule has 1 aliphatic rings. The lowest BCUT2D eigenvalue weighted by Gasteiger charge is -2.11. The Morgan fingerprint density at radius 3 is 2.45 bits per heavy atom. The number of fused-ring (bicyclic) bond motifs is 3. The highest BCUT2D eigenvalue weighted by atomic mass is 79.9. The quantitative estimate of drug-likeness (QED) is 0.253. The fourth-order valence-corrected chi connectivity index (χ4v) is 4.68. The molecule has 0 bridgehead atoms. The van der Waals surface area contributed by atoms with E-state index in [1.54, 1.807) is 0 Å². The van der Waals surface area contributed by atoms with E-state index in [0.29, 0.717) is 0 Å². The van der Waals surface area contributed by atoms with Gasteiger partial charge in [-0.25, -0.2) is 0 Å². The first kappa shape index (κ1) is 16.7. The zero-order valence-corrected chi connectivity index (χ0v) is 17.2. The van der Waals surface area contributed by atoms with E-state index in [-0.39, 0.29) is 0 Å². The normalized spacial score (nSPS) is 12.3. The van der Waals surface area contributed by atoms with Crippen molar-refractivity contribution >= 4 is 47.8 Å². The molecule has 0 saturated heterocycles. The molecule has 0 amide bonds. The average molecular weight is 487 g/mol. The first-order valence-electron chi connectivity index (χ1n) is 7.85. The molecule has 3 heteroatoms. The number of alkyl halides is 1. The van der Waals surface area contributed by atoms with Gasteiger partial charge in [0.15, 0.2) is 0 Å². The second-order valence-corrected chi connectivity index (χ2v) is 8.45. The molecule has 0 radical (unpaired) electrons. The van der Waals surface area contributed by atoms with Crippen molar-refractivity contribution in [2.24, 2.45) is 0 Å². The summed E-state index contributed by atoms with van der Waals surface area (Å²) >= 11 is 10.9. The number of halogens is 3. The number of hydrogen-bond donors (Lipinski definition) is 0. The van der Waals surface area contributed by atoms with Crippen LogP contribution in [0.15, 0.2) is 39.3 Å². The molecule has 3 rings (SSSR count). The predicted octanol–water partition coefficient (Wildman–Crippen LogP) is 7.28. The Kier molecular flexibility index (Phi) is 5.80. The largest absolute Gasteiger partial charge is 0.0928 e. The molecule has 0 spiro atoms. The highest BCUT2D eigenvalue weighted by Gasteiger charge is 2.22. The van der Waals surface area contributed by atoms with E-state index in [1.807, 2.05) is 0 Å². The van der Waals surface area contributed by atoms with Crippen LogP contribution < -0.4 is 0 Å². The van der Waals surface area contributed by atoms with Crippen LogP contribution in [-0.4, -0.2) is 5.33 Å². The highest BCUT2D eigenvalue weighted by molar-refractivity contribution is 9.10. The molecule has 0 saturated carbocycles. The molecule has 0 aromatic heterocycles. The van der Waals surface area contributed by atoms with Crippen LogP contribution in [-0.2, 0) is 12.8 Å². The van der Waals surface area contributed by atoms with Crippen LogP contribution in [0.5, 0.6) is 0 Å². The lowest BCUT2D eigenvalue weighted by Crippen LogP contribution is -1.95. The van der Waals surface area contributed by atoms with Crippen molar-refractivity contribution in [1.82, 2.24) is 0 Å². The molecular weight excluding hydrogens is 468 g/mol. The average Bonchev–Trinajstić information content (AvgIpc) is 2.86. The topological polar surface area (TPSA) is 0 Å².